The van der Waals surface area contributed by atoms with E-state index >= 15 is 0 Å². The molecule has 0 aromatic heterocycles. The molecule has 1 N–H and O–H groups in total. The van der Waals surface area contributed by atoms with Crippen LogP contribution in [0.3, 0.4) is 0 Å². The molecule has 4 rings (SSSR count). The normalized spacial score (nSPS) is 17.5. The molecule has 0 bridgehead atoms. The quantitative estimate of drug-likeness (QED) is 0.879. The minimum atomic E-state index is -0.112. The van der Waals surface area contributed by atoms with Crippen LogP contribution in [0.25, 0.3) is 0 Å². The second kappa shape index (κ2) is 7.98. The second-order valence-electron chi connectivity index (χ2n) is 6.85. The van der Waals surface area contributed by atoms with E-state index in [1.165, 1.54) is 11.1 Å². The Morgan fingerprint density at radius 3 is 2.59 bits per heavy atom. The van der Waals surface area contributed by atoms with Crippen LogP contribution in [-0.4, -0.2) is 50.4 Å². The molecule has 1 unspecified atom stereocenters. The Kier molecular flexibility index (Phi) is 5.27. The number of benzene rings is 2. The summed E-state index contributed by atoms with van der Waals surface area (Å²) in [6.07, 6.45) is 0. The van der Waals surface area contributed by atoms with Crippen LogP contribution in [0.2, 0.25) is 0 Å². The van der Waals surface area contributed by atoms with E-state index in [0.29, 0.717) is 23.6 Å². The molecule has 0 aliphatic carbocycles. The van der Waals surface area contributed by atoms with Crippen molar-refractivity contribution in [2.75, 3.05) is 39.6 Å². The van der Waals surface area contributed by atoms with E-state index in [4.69, 9.17) is 14.2 Å². The smallest absolute Gasteiger partial charge is 0.251 e. The summed E-state index contributed by atoms with van der Waals surface area (Å²) in [6.45, 7) is 5.98. The fourth-order valence-corrected chi connectivity index (χ4v) is 3.46. The first kappa shape index (κ1) is 17.8. The van der Waals surface area contributed by atoms with Gasteiger partial charge in [-0.3, -0.25) is 9.69 Å². The van der Waals surface area contributed by atoms with Crippen LogP contribution in [0.4, 0.5) is 0 Å². The van der Waals surface area contributed by atoms with Crippen LogP contribution < -0.4 is 14.8 Å². The lowest BCUT2D eigenvalue weighted by Crippen LogP contribution is -2.43. The highest BCUT2D eigenvalue weighted by Crippen LogP contribution is 2.32. The topological polar surface area (TPSA) is 60.0 Å². The van der Waals surface area contributed by atoms with Crippen molar-refractivity contribution in [1.29, 1.82) is 0 Å². The van der Waals surface area contributed by atoms with Crippen molar-refractivity contribution in [2.24, 2.45) is 0 Å². The van der Waals surface area contributed by atoms with Gasteiger partial charge >= 0.3 is 0 Å². The number of ether oxygens (including phenoxy) is 3. The molecule has 27 heavy (non-hydrogen) atoms. The molecule has 1 saturated heterocycles. The monoisotopic (exact) mass is 368 g/mol. The largest absolute Gasteiger partial charge is 0.454 e. The van der Waals surface area contributed by atoms with Crippen LogP contribution in [-0.2, 0) is 4.74 Å². The van der Waals surface area contributed by atoms with Crippen LogP contribution in [0.5, 0.6) is 11.5 Å². The van der Waals surface area contributed by atoms with E-state index in [1.807, 2.05) is 0 Å². The van der Waals surface area contributed by atoms with Gasteiger partial charge in [0.2, 0.25) is 6.79 Å². The van der Waals surface area contributed by atoms with E-state index in [1.54, 1.807) is 18.2 Å². The van der Waals surface area contributed by atoms with Gasteiger partial charge in [-0.15, -0.1) is 0 Å². The molecule has 2 heterocycles. The third-order valence-electron chi connectivity index (χ3n) is 5.04. The first-order valence-corrected chi connectivity index (χ1v) is 9.27. The molecule has 6 heteroatoms. The van der Waals surface area contributed by atoms with Crippen LogP contribution >= 0.6 is 0 Å². The third-order valence-corrected chi connectivity index (χ3v) is 5.04. The lowest BCUT2D eigenvalue weighted by molar-refractivity contribution is 0.0162. The fraction of sp³-hybridized carbons (Fsp3) is 0.381. The molecule has 1 atom stereocenters. The van der Waals surface area contributed by atoms with Crippen molar-refractivity contribution in [3.63, 3.8) is 0 Å². The lowest BCUT2D eigenvalue weighted by Gasteiger charge is -2.35. The Morgan fingerprint density at radius 2 is 1.81 bits per heavy atom. The van der Waals surface area contributed by atoms with E-state index in [-0.39, 0.29) is 18.7 Å². The molecule has 0 saturated carbocycles. The highest BCUT2D eigenvalue weighted by atomic mass is 16.7. The number of hydrogen-bond donors (Lipinski definition) is 1. The van der Waals surface area contributed by atoms with Gasteiger partial charge < -0.3 is 19.5 Å². The van der Waals surface area contributed by atoms with Gasteiger partial charge in [-0.2, -0.15) is 0 Å². The Balaban J connectivity index is 1.47. The zero-order valence-electron chi connectivity index (χ0n) is 15.4. The zero-order chi connectivity index (χ0) is 18.6. The number of aryl methyl sites for hydroxylation is 1. The standard InChI is InChI=1S/C21H24N2O4/c1-15-2-4-16(5-3-15)18(23-8-10-25-11-9-23)13-22-21(24)17-6-7-19-20(12-17)27-14-26-19/h2-7,12,18H,8-11,13-14H2,1H3,(H,22,24). The molecule has 2 aromatic carbocycles. The van der Waals surface area contributed by atoms with Gasteiger partial charge in [-0.05, 0) is 30.7 Å². The molecule has 2 aliphatic rings. The van der Waals surface area contributed by atoms with Crippen LogP contribution in [0.1, 0.15) is 27.5 Å². The first-order valence-electron chi connectivity index (χ1n) is 9.27. The Hall–Kier alpha value is -2.57. The SMILES string of the molecule is Cc1ccc(C(CNC(=O)c2ccc3c(c2)OCO3)N2CCOCC2)cc1. The highest BCUT2D eigenvalue weighted by Gasteiger charge is 2.24. The van der Waals surface area contributed by atoms with Gasteiger partial charge in [0.25, 0.3) is 5.91 Å². The molecule has 6 nitrogen and oxygen atoms in total. The Labute approximate surface area is 159 Å². The van der Waals surface area contributed by atoms with Crippen molar-refractivity contribution in [2.45, 2.75) is 13.0 Å². The highest BCUT2D eigenvalue weighted by molar-refractivity contribution is 5.95. The van der Waals surface area contributed by atoms with Gasteiger partial charge in [0, 0.05) is 25.2 Å². The summed E-state index contributed by atoms with van der Waals surface area (Å²) in [6, 6.07) is 13.9. The molecule has 0 radical (unpaired) electrons. The molecular weight excluding hydrogens is 344 g/mol. The first-order chi connectivity index (χ1) is 13.2. The number of fused-ring (bicyclic) bond motifs is 1. The van der Waals surface area contributed by atoms with E-state index < -0.39 is 0 Å². The van der Waals surface area contributed by atoms with Crippen LogP contribution in [0.15, 0.2) is 42.5 Å². The predicted molar refractivity (Wildman–Crippen MR) is 101 cm³/mol. The second-order valence-corrected chi connectivity index (χ2v) is 6.85. The van der Waals surface area contributed by atoms with Gasteiger partial charge in [-0.25, -0.2) is 0 Å². The average molecular weight is 368 g/mol. The number of hydrogen-bond acceptors (Lipinski definition) is 5. The number of carbonyl (C=O) groups excluding carboxylic acids is 1. The third kappa shape index (κ3) is 4.07. The van der Waals surface area contributed by atoms with Gasteiger partial charge in [0.05, 0.1) is 19.3 Å². The average Bonchev–Trinajstić information content (AvgIpc) is 3.18. The van der Waals surface area contributed by atoms with Crippen molar-refractivity contribution < 1.29 is 19.0 Å². The summed E-state index contributed by atoms with van der Waals surface area (Å²) >= 11 is 0. The van der Waals surface area contributed by atoms with Crippen molar-refractivity contribution in [3.8, 4) is 11.5 Å². The summed E-state index contributed by atoms with van der Waals surface area (Å²) in [7, 11) is 0. The summed E-state index contributed by atoms with van der Waals surface area (Å²) in [5.74, 6) is 1.18. The minimum Gasteiger partial charge on any atom is -0.454 e. The summed E-state index contributed by atoms with van der Waals surface area (Å²) in [5, 5.41) is 3.08. The van der Waals surface area contributed by atoms with E-state index in [0.717, 1.165) is 26.3 Å². The lowest BCUT2D eigenvalue weighted by atomic mass is 10.0. The van der Waals surface area contributed by atoms with Crippen molar-refractivity contribution in [1.82, 2.24) is 10.2 Å². The maximum absolute atomic E-state index is 12.7. The number of morpholine rings is 1. The molecule has 0 spiro atoms. The maximum atomic E-state index is 12.7. The molecule has 1 amide bonds. The fourth-order valence-electron chi connectivity index (χ4n) is 3.46. The Morgan fingerprint density at radius 1 is 1.07 bits per heavy atom. The number of rotatable bonds is 5. The van der Waals surface area contributed by atoms with E-state index in [2.05, 4.69) is 41.4 Å². The molecular formula is C21H24N2O4. The predicted octanol–water partition coefficient (Wildman–Crippen LogP) is 2.53. The van der Waals surface area contributed by atoms with E-state index in [9.17, 15) is 4.79 Å². The minimum absolute atomic E-state index is 0.112. The Bertz CT molecular complexity index is 800. The summed E-state index contributed by atoms with van der Waals surface area (Å²) in [4.78, 5) is 15.0. The number of amides is 1. The summed E-state index contributed by atoms with van der Waals surface area (Å²) < 4.78 is 16.2. The maximum Gasteiger partial charge on any atom is 0.251 e. The number of carbonyl (C=O) groups is 1. The van der Waals surface area contributed by atoms with Crippen LogP contribution in [0, 0.1) is 6.92 Å². The molecule has 2 aliphatic heterocycles. The molecule has 2 aromatic rings. The van der Waals surface area contributed by atoms with Crippen molar-refractivity contribution in [3.05, 3.63) is 59.2 Å². The van der Waals surface area contributed by atoms with Crippen molar-refractivity contribution >= 4 is 5.91 Å². The summed E-state index contributed by atoms with van der Waals surface area (Å²) in [5.41, 5.74) is 3.00. The van der Waals surface area contributed by atoms with Gasteiger partial charge in [0.15, 0.2) is 11.5 Å². The number of nitrogens with one attached hydrogen (secondary N) is 1. The van der Waals surface area contributed by atoms with Gasteiger partial charge in [0.1, 0.15) is 0 Å². The van der Waals surface area contributed by atoms with Gasteiger partial charge in [-0.1, -0.05) is 29.8 Å². The number of nitrogens with zero attached hydrogens (tertiary/aromatic N) is 1. The molecule has 1 fully saturated rings. The molecule has 142 valence electrons. The zero-order valence-corrected chi connectivity index (χ0v) is 15.4.